The fraction of sp³-hybridized carbons (Fsp3) is 0.353. The van der Waals surface area contributed by atoms with Crippen molar-refractivity contribution >= 4 is 23.1 Å². The third-order valence-corrected chi connectivity index (χ3v) is 4.51. The average molecular weight is 350 g/mol. The summed E-state index contributed by atoms with van der Waals surface area (Å²) in [5, 5.41) is 5.58. The maximum absolute atomic E-state index is 12.1. The van der Waals surface area contributed by atoms with Gasteiger partial charge in [-0.05, 0) is 19.1 Å². The molecule has 0 bridgehead atoms. The topological polar surface area (TPSA) is 68.8 Å². The molecular formula is C17H22N2O4S. The molecule has 2 rings (SSSR count). The Bertz CT molecular complexity index is 665. The molecule has 1 aromatic carbocycles. The molecule has 2 aromatic rings. The first-order valence-corrected chi connectivity index (χ1v) is 8.24. The Balaban J connectivity index is 1.95. The van der Waals surface area contributed by atoms with Crippen LogP contribution < -0.4 is 20.1 Å². The molecule has 130 valence electrons. The number of methoxy groups -OCH3 is 3. The Morgan fingerprint density at radius 1 is 1.12 bits per heavy atom. The molecule has 7 heteroatoms. The molecule has 1 aromatic heterocycles. The van der Waals surface area contributed by atoms with Gasteiger partial charge in [0.25, 0.3) is 0 Å². The molecule has 6 nitrogen and oxygen atoms in total. The lowest BCUT2D eigenvalue weighted by Crippen LogP contribution is -2.32. The number of urea groups is 1. The second kappa shape index (κ2) is 8.56. The van der Waals surface area contributed by atoms with Crippen LogP contribution in [0.15, 0.2) is 30.3 Å². The summed E-state index contributed by atoms with van der Waals surface area (Å²) in [6.07, 6.45) is -0.172. The summed E-state index contributed by atoms with van der Waals surface area (Å²) in [6.45, 7) is 2.42. The number of rotatable bonds is 7. The van der Waals surface area contributed by atoms with Gasteiger partial charge in [-0.1, -0.05) is 0 Å². The first kappa shape index (κ1) is 18.1. The van der Waals surface area contributed by atoms with Gasteiger partial charge in [0, 0.05) is 40.8 Å². The Kier molecular flexibility index (Phi) is 6.45. The second-order valence-electron chi connectivity index (χ2n) is 5.11. The normalized spacial score (nSPS) is 11.7. The third-order valence-electron chi connectivity index (χ3n) is 3.42. The van der Waals surface area contributed by atoms with Gasteiger partial charge in [-0.15, -0.1) is 11.3 Å². The molecule has 0 saturated heterocycles. The maximum Gasteiger partial charge on any atom is 0.319 e. The van der Waals surface area contributed by atoms with E-state index >= 15 is 0 Å². The Labute approximate surface area is 145 Å². The summed E-state index contributed by atoms with van der Waals surface area (Å²) in [5.41, 5.74) is 0.588. The van der Waals surface area contributed by atoms with E-state index in [-0.39, 0.29) is 12.1 Å². The number of carbonyl (C=O) groups is 1. The number of thiophene rings is 1. The highest BCUT2D eigenvalue weighted by Gasteiger charge is 2.14. The third kappa shape index (κ3) is 4.87. The zero-order chi connectivity index (χ0) is 17.5. The standard InChI is InChI=1S/C17H22N2O4S/c1-11-5-6-16(24-11)15(23-4)10-18-17(20)19-12-7-13(21-2)9-14(8-12)22-3/h5-9,15H,10H2,1-4H3,(H2,18,19,20). The van der Waals surface area contributed by atoms with Crippen LogP contribution >= 0.6 is 11.3 Å². The average Bonchev–Trinajstić information content (AvgIpc) is 3.01. The van der Waals surface area contributed by atoms with Crippen LogP contribution in [0, 0.1) is 6.92 Å². The first-order chi connectivity index (χ1) is 11.5. The highest BCUT2D eigenvalue weighted by Crippen LogP contribution is 2.26. The van der Waals surface area contributed by atoms with E-state index in [9.17, 15) is 4.79 Å². The molecule has 0 spiro atoms. The van der Waals surface area contributed by atoms with E-state index in [4.69, 9.17) is 14.2 Å². The minimum absolute atomic E-state index is 0.172. The van der Waals surface area contributed by atoms with Gasteiger partial charge < -0.3 is 24.8 Å². The largest absolute Gasteiger partial charge is 0.497 e. The molecule has 0 radical (unpaired) electrons. The van der Waals surface area contributed by atoms with Gasteiger partial charge in [0.05, 0.1) is 20.8 Å². The van der Waals surface area contributed by atoms with Crippen LogP contribution in [0.4, 0.5) is 10.5 Å². The number of ether oxygens (including phenoxy) is 3. The summed E-state index contributed by atoms with van der Waals surface area (Å²) >= 11 is 1.66. The van der Waals surface area contributed by atoms with Crippen molar-refractivity contribution in [1.82, 2.24) is 5.32 Å². The second-order valence-corrected chi connectivity index (χ2v) is 6.43. The fourth-order valence-electron chi connectivity index (χ4n) is 2.17. The molecule has 2 amide bonds. The zero-order valence-corrected chi connectivity index (χ0v) is 15.0. The van der Waals surface area contributed by atoms with Crippen LogP contribution in [0.1, 0.15) is 15.9 Å². The van der Waals surface area contributed by atoms with E-state index < -0.39 is 0 Å². The first-order valence-electron chi connectivity index (χ1n) is 7.42. The number of aryl methyl sites for hydroxylation is 1. The van der Waals surface area contributed by atoms with Gasteiger partial charge in [-0.2, -0.15) is 0 Å². The lowest BCUT2D eigenvalue weighted by Gasteiger charge is -2.15. The monoisotopic (exact) mass is 350 g/mol. The highest BCUT2D eigenvalue weighted by atomic mass is 32.1. The zero-order valence-electron chi connectivity index (χ0n) is 14.2. The van der Waals surface area contributed by atoms with Crippen molar-refractivity contribution in [1.29, 1.82) is 0 Å². The van der Waals surface area contributed by atoms with Crippen LogP contribution in [0.3, 0.4) is 0 Å². The van der Waals surface area contributed by atoms with E-state index in [1.165, 1.54) is 4.88 Å². The Morgan fingerprint density at radius 3 is 2.29 bits per heavy atom. The molecular weight excluding hydrogens is 328 g/mol. The number of benzene rings is 1. The molecule has 1 unspecified atom stereocenters. The van der Waals surface area contributed by atoms with Crippen LogP contribution in [-0.2, 0) is 4.74 Å². The van der Waals surface area contributed by atoms with E-state index in [1.54, 1.807) is 50.9 Å². The molecule has 1 atom stereocenters. The number of nitrogens with one attached hydrogen (secondary N) is 2. The number of carbonyl (C=O) groups excluding carboxylic acids is 1. The predicted octanol–water partition coefficient (Wildman–Crippen LogP) is 3.58. The van der Waals surface area contributed by atoms with Crippen LogP contribution in [0.5, 0.6) is 11.5 Å². The molecule has 2 N–H and O–H groups in total. The minimum Gasteiger partial charge on any atom is -0.497 e. The molecule has 0 fully saturated rings. The van der Waals surface area contributed by atoms with Crippen molar-refractivity contribution in [2.45, 2.75) is 13.0 Å². The summed E-state index contributed by atoms with van der Waals surface area (Å²) in [6, 6.07) is 8.91. The van der Waals surface area contributed by atoms with Gasteiger partial charge in [0.2, 0.25) is 0 Å². The smallest absolute Gasteiger partial charge is 0.319 e. The lowest BCUT2D eigenvalue weighted by molar-refractivity contribution is 0.107. The van der Waals surface area contributed by atoms with E-state index in [2.05, 4.69) is 10.6 Å². The lowest BCUT2D eigenvalue weighted by atomic mass is 10.2. The van der Waals surface area contributed by atoms with Crippen molar-refractivity contribution in [3.63, 3.8) is 0 Å². The summed E-state index contributed by atoms with van der Waals surface area (Å²) in [4.78, 5) is 14.4. The fourth-order valence-corrected chi connectivity index (χ4v) is 3.12. The van der Waals surface area contributed by atoms with Gasteiger partial charge in [0.15, 0.2) is 0 Å². The summed E-state index contributed by atoms with van der Waals surface area (Å²) in [7, 11) is 4.75. The Hall–Kier alpha value is -2.25. The molecule has 1 heterocycles. The summed E-state index contributed by atoms with van der Waals surface area (Å²) < 4.78 is 15.8. The van der Waals surface area contributed by atoms with Crippen molar-refractivity contribution < 1.29 is 19.0 Å². The van der Waals surface area contributed by atoms with Gasteiger partial charge >= 0.3 is 6.03 Å². The minimum atomic E-state index is -0.319. The molecule has 0 aliphatic carbocycles. The van der Waals surface area contributed by atoms with Crippen LogP contribution in [-0.4, -0.2) is 33.9 Å². The van der Waals surface area contributed by atoms with Crippen molar-refractivity contribution in [2.24, 2.45) is 0 Å². The number of amides is 2. The van der Waals surface area contributed by atoms with Gasteiger partial charge in [-0.25, -0.2) is 4.79 Å². The van der Waals surface area contributed by atoms with Crippen molar-refractivity contribution in [2.75, 3.05) is 33.2 Å². The Morgan fingerprint density at radius 2 is 1.79 bits per heavy atom. The highest BCUT2D eigenvalue weighted by molar-refractivity contribution is 7.12. The number of anilines is 1. The number of hydrogen-bond acceptors (Lipinski definition) is 5. The predicted molar refractivity (Wildman–Crippen MR) is 95.4 cm³/mol. The SMILES string of the molecule is COc1cc(NC(=O)NCC(OC)c2ccc(C)s2)cc(OC)c1. The van der Waals surface area contributed by atoms with Crippen LogP contribution in [0.2, 0.25) is 0 Å². The van der Waals surface area contributed by atoms with Gasteiger partial charge in [-0.3, -0.25) is 0 Å². The molecule has 24 heavy (non-hydrogen) atoms. The maximum atomic E-state index is 12.1. The van der Waals surface area contributed by atoms with E-state index in [0.717, 1.165) is 4.88 Å². The quantitative estimate of drug-likeness (QED) is 0.801. The molecule has 0 aliphatic rings. The summed E-state index contributed by atoms with van der Waals surface area (Å²) in [5.74, 6) is 1.21. The van der Waals surface area contributed by atoms with E-state index in [0.29, 0.717) is 23.7 Å². The van der Waals surface area contributed by atoms with Crippen molar-refractivity contribution in [3.05, 3.63) is 40.1 Å². The van der Waals surface area contributed by atoms with E-state index in [1.807, 2.05) is 19.1 Å². The molecule has 0 aliphatic heterocycles. The van der Waals surface area contributed by atoms with Crippen LogP contribution in [0.25, 0.3) is 0 Å². The van der Waals surface area contributed by atoms with Crippen molar-refractivity contribution in [3.8, 4) is 11.5 Å². The molecule has 0 saturated carbocycles. The van der Waals surface area contributed by atoms with Gasteiger partial charge in [0.1, 0.15) is 17.6 Å². The number of hydrogen-bond donors (Lipinski definition) is 2.